The monoisotopic (exact) mass is 378 g/mol. The minimum Gasteiger partial charge on any atom is -0.545 e. The molecular formula is C23H24NO4-. The molecule has 3 aliphatic rings. The number of carboxylic acid groups (broad SMARTS) is 1. The number of nitrogens with one attached hydrogen (secondary N) is 1. The van der Waals surface area contributed by atoms with Crippen LogP contribution in [0, 0.1) is 17.8 Å². The SMILES string of the molecule is COc1cccc([C@H]2Nc3c(C(=O)[O-])cccc3[C@H]3[C@H]4CC[C@H](C4)[C@H]32)c1OC. The Morgan fingerprint density at radius 1 is 1.04 bits per heavy atom. The van der Waals surface area contributed by atoms with E-state index < -0.39 is 5.97 Å². The van der Waals surface area contributed by atoms with E-state index in [1.54, 1.807) is 20.3 Å². The third-order valence-corrected chi connectivity index (χ3v) is 7.11. The molecule has 0 unspecified atom stereocenters. The van der Waals surface area contributed by atoms with Gasteiger partial charge in [-0.2, -0.15) is 0 Å². The van der Waals surface area contributed by atoms with Gasteiger partial charge in [-0.15, -0.1) is 0 Å². The number of carboxylic acids is 1. The molecule has 28 heavy (non-hydrogen) atoms. The summed E-state index contributed by atoms with van der Waals surface area (Å²) in [5.74, 6) is 2.33. The van der Waals surface area contributed by atoms with E-state index in [1.807, 2.05) is 18.2 Å². The number of aromatic carboxylic acids is 1. The van der Waals surface area contributed by atoms with Crippen molar-refractivity contribution >= 4 is 11.7 Å². The van der Waals surface area contributed by atoms with E-state index in [0.29, 0.717) is 35.1 Å². The molecule has 1 aliphatic heterocycles. The summed E-state index contributed by atoms with van der Waals surface area (Å²) in [5.41, 5.74) is 3.12. The van der Waals surface area contributed by atoms with E-state index in [1.165, 1.54) is 19.3 Å². The van der Waals surface area contributed by atoms with Crippen molar-refractivity contribution in [2.45, 2.75) is 31.2 Å². The minimum absolute atomic E-state index is 0.0154. The van der Waals surface area contributed by atoms with Crippen molar-refractivity contribution in [2.75, 3.05) is 19.5 Å². The van der Waals surface area contributed by atoms with Crippen LogP contribution in [0.4, 0.5) is 5.69 Å². The van der Waals surface area contributed by atoms with Crippen LogP contribution >= 0.6 is 0 Å². The molecule has 2 saturated carbocycles. The molecular weight excluding hydrogens is 354 g/mol. The molecule has 1 N–H and O–H groups in total. The van der Waals surface area contributed by atoms with Crippen molar-refractivity contribution in [1.29, 1.82) is 0 Å². The van der Waals surface area contributed by atoms with Crippen molar-refractivity contribution in [3.05, 3.63) is 53.1 Å². The van der Waals surface area contributed by atoms with Crippen molar-refractivity contribution in [3.8, 4) is 11.5 Å². The number of carbonyl (C=O) groups excluding carboxylic acids is 1. The summed E-state index contributed by atoms with van der Waals surface area (Å²) < 4.78 is 11.2. The molecule has 5 heteroatoms. The summed E-state index contributed by atoms with van der Waals surface area (Å²) in [7, 11) is 3.29. The lowest BCUT2D eigenvalue weighted by molar-refractivity contribution is -0.254. The molecule has 5 atom stereocenters. The quantitative estimate of drug-likeness (QED) is 0.883. The average Bonchev–Trinajstić information content (AvgIpc) is 3.34. The highest BCUT2D eigenvalue weighted by Crippen LogP contribution is 2.64. The second-order valence-corrected chi connectivity index (χ2v) is 8.20. The molecule has 1 heterocycles. The second kappa shape index (κ2) is 6.43. The molecule has 0 radical (unpaired) electrons. The number of para-hydroxylation sites is 2. The predicted octanol–water partition coefficient (Wildman–Crippen LogP) is 3.36. The number of carbonyl (C=O) groups is 1. The summed E-state index contributed by atoms with van der Waals surface area (Å²) in [4.78, 5) is 11.8. The van der Waals surface area contributed by atoms with Crippen LogP contribution in [-0.4, -0.2) is 20.2 Å². The first-order chi connectivity index (χ1) is 13.6. The number of hydrogen-bond acceptors (Lipinski definition) is 5. The van der Waals surface area contributed by atoms with Crippen molar-refractivity contribution in [3.63, 3.8) is 0 Å². The summed E-state index contributed by atoms with van der Waals surface area (Å²) in [5, 5.41) is 15.4. The van der Waals surface area contributed by atoms with Gasteiger partial charge in [-0.05, 0) is 54.6 Å². The van der Waals surface area contributed by atoms with Gasteiger partial charge >= 0.3 is 0 Å². The van der Waals surface area contributed by atoms with Gasteiger partial charge in [-0.25, -0.2) is 0 Å². The Hall–Kier alpha value is -2.69. The molecule has 0 saturated heterocycles. The number of hydrogen-bond donors (Lipinski definition) is 1. The van der Waals surface area contributed by atoms with Gasteiger partial charge in [0.2, 0.25) is 0 Å². The average molecular weight is 378 g/mol. The van der Waals surface area contributed by atoms with Crippen molar-refractivity contribution < 1.29 is 19.4 Å². The van der Waals surface area contributed by atoms with Crippen LogP contribution in [0.3, 0.4) is 0 Å². The van der Waals surface area contributed by atoms with Crippen LogP contribution in [0.2, 0.25) is 0 Å². The Balaban J connectivity index is 1.70. The van der Waals surface area contributed by atoms with E-state index >= 15 is 0 Å². The van der Waals surface area contributed by atoms with Gasteiger partial charge in [0.1, 0.15) is 0 Å². The molecule has 146 valence electrons. The normalized spacial score (nSPS) is 29.6. The number of rotatable bonds is 4. The highest BCUT2D eigenvalue weighted by atomic mass is 16.5. The molecule has 0 spiro atoms. The molecule has 2 aliphatic carbocycles. The van der Waals surface area contributed by atoms with Crippen LogP contribution < -0.4 is 19.9 Å². The number of fused-ring (bicyclic) bond motifs is 7. The van der Waals surface area contributed by atoms with Gasteiger partial charge < -0.3 is 24.7 Å². The largest absolute Gasteiger partial charge is 0.545 e. The van der Waals surface area contributed by atoms with Crippen LogP contribution in [0.1, 0.15) is 52.7 Å². The van der Waals surface area contributed by atoms with Crippen LogP contribution in [-0.2, 0) is 0 Å². The van der Waals surface area contributed by atoms with Gasteiger partial charge in [-0.3, -0.25) is 0 Å². The molecule has 5 nitrogen and oxygen atoms in total. The first-order valence-corrected chi connectivity index (χ1v) is 9.95. The van der Waals surface area contributed by atoms with Crippen LogP contribution in [0.25, 0.3) is 0 Å². The first-order valence-electron chi connectivity index (χ1n) is 9.95. The van der Waals surface area contributed by atoms with E-state index in [-0.39, 0.29) is 11.6 Å². The summed E-state index contributed by atoms with van der Waals surface area (Å²) >= 11 is 0. The molecule has 2 aromatic rings. The molecule has 2 bridgehead atoms. The van der Waals surface area contributed by atoms with Gasteiger partial charge in [0.05, 0.1) is 26.2 Å². The number of methoxy groups -OCH3 is 2. The predicted molar refractivity (Wildman–Crippen MR) is 104 cm³/mol. The Kier molecular flexibility index (Phi) is 4.00. The minimum atomic E-state index is -1.14. The Labute approximate surface area is 164 Å². The molecule has 5 rings (SSSR count). The van der Waals surface area contributed by atoms with Crippen LogP contribution in [0.15, 0.2) is 36.4 Å². The fraction of sp³-hybridized carbons (Fsp3) is 0.435. The fourth-order valence-electron chi connectivity index (χ4n) is 6.15. The van der Waals surface area contributed by atoms with Crippen LogP contribution in [0.5, 0.6) is 11.5 Å². The number of benzene rings is 2. The van der Waals surface area contributed by atoms with Crippen molar-refractivity contribution in [1.82, 2.24) is 0 Å². The first kappa shape index (κ1) is 17.4. The smallest absolute Gasteiger partial charge is 0.165 e. The number of ether oxygens (including phenoxy) is 2. The lowest BCUT2D eigenvalue weighted by atomic mass is 9.67. The lowest BCUT2D eigenvalue weighted by Crippen LogP contribution is -2.37. The summed E-state index contributed by atoms with van der Waals surface area (Å²) in [6.07, 6.45) is 3.68. The standard InChI is InChI=1S/C23H25NO4/c1-27-17-8-4-6-15(22(17)28-2)21-19-13-10-9-12(11-13)18(19)14-5-3-7-16(23(25)26)20(14)24-21/h3-8,12-13,18-19,21,24H,9-11H2,1-2H3,(H,25,26)/p-1/t12-,13+,18+,19+,21+/m0/s1. The maximum Gasteiger partial charge on any atom is 0.165 e. The maximum atomic E-state index is 11.8. The van der Waals surface area contributed by atoms with E-state index in [0.717, 1.165) is 16.9 Å². The maximum absolute atomic E-state index is 11.8. The summed E-state index contributed by atoms with van der Waals surface area (Å²) in [6, 6.07) is 11.5. The zero-order valence-electron chi connectivity index (χ0n) is 16.1. The second-order valence-electron chi connectivity index (χ2n) is 8.20. The van der Waals surface area contributed by atoms with Gasteiger partial charge in [-0.1, -0.05) is 30.3 Å². The van der Waals surface area contributed by atoms with E-state index in [2.05, 4.69) is 17.4 Å². The molecule has 2 fully saturated rings. The highest BCUT2D eigenvalue weighted by Gasteiger charge is 2.54. The Bertz CT molecular complexity index is 940. The lowest BCUT2D eigenvalue weighted by Gasteiger charge is -2.44. The van der Waals surface area contributed by atoms with Crippen molar-refractivity contribution in [2.24, 2.45) is 17.8 Å². The van der Waals surface area contributed by atoms with Gasteiger partial charge in [0.25, 0.3) is 0 Å². The van der Waals surface area contributed by atoms with Gasteiger partial charge in [0.15, 0.2) is 11.5 Å². The fourth-order valence-corrected chi connectivity index (χ4v) is 6.15. The zero-order valence-corrected chi connectivity index (χ0v) is 16.1. The number of anilines is 1. The third-order valence-electron chi connectivity index (χ3n) is 7.11. The third kappa shape index (κ3) is 2.35. The Morgan fingerprint density at radius 2 is 1.79 bits per heavy atom. The topological polar surface area (TPSA) is 70.6 Å². The Morgan fingerprint density at radius 3 is 2.54 bits per heavy atom. The molecule has 2 aromatic carbocycles. The molecule has 0 amide bonds. The van der Waals surface area contributed by atoms with E-state index in [9.17, 15) is 9.90 Å². The highest BCUT2D eigenvalue weighted by molar-refractivity contribution is 5.94. The summed E-state index contributed by atoms with van der Waals surface area (Å²) in [6.45, 7) is 0. The van der Waals surface area contributed by atoms with Gasteiger partial charge in [0, 0.05) is 16.8 Å². The molecule has 0 aromatic heterocycles. The zero-order chi connectivity index (χ0) is 19.4. The van der Waals surface area contributed by atoms with E-state index in [4.69, 9.17) is 9.47 Å².